The second-order valence-corrected chi connectivity index (χ2v) is 5.62. The topological polar surface area (TPSA) is 75.6 Å². The first kappa shape index (κ1) is 14.2. The average molecular weight is 280 g/mol. The fraction of sp³-hybridized carbons (Fsp3) is 0.400. The minimum atomic E-state index is -3.67. The Morgan fingerprint density at radius 3 is 2.65 bits per heavy atom. The lowest BCUT2D eigenvalue weighted by atomic mass is 10.3. The Kier molecular flexibility index (Phi) is 4.76. The molecule has 0 saturated heterocycles. The van der Waals surface area contributed by atoms with Crippen LogP contribution in [0.15, 0.2) is 23.1 Å². The third-order valence-corrected chi connectivity index (χ3v) is 3.95. The Balaban J connectivity index is 3.04. The van der Waals surface area contributed by atoms with Crippen LogP contribution >= 0.6 is 11.6 Å². The average Bonchev–Trinajstić information content (AvgIpc) is 2.28. The normalized spacial score (nSPS) is 13.4. The summed E-state index contributed by atoms with van der Waals surface area (Å²) in [5, 5.41) is 9.02. The number of ether oxygens (including phenoxy) is 1. The second kappa shape index (κ2) is 5.68. The summed E-state index contributed by atoms with van der Waals surface area (Å²) in [6.07, 6.45) is 0. The summed E-state index contributed by atoms with van der Waals surface area (Å²) in [5.74, 6) is 0.404. The van der Waals surface area contributed by atoms with Gasteiger partial charge in [0, 0.05) is 6.04 Å². The molecule has 5 nitrogen and oxygen atoms in total. The van der Waals surface area contributed by atoms with E-state index in [1.165, 1.54) is 25.3 Å². The number of hydrogen-bond acceptors (Lipinski definition) is 4. The first-order valence-corrected chi connectivity index (χ1v) is 6.73. The van der Waals surface area contributed by atoms with Gasteiger partial charge in [0.1, 0.15) is 5.75 Å². The van der Waals surface area contributed by atoms with Gasteiger partial charge in [-0.1, -0.05) is 11.6 Å². The number of nitrogens with one attached hydrogen (secondary N) is 1. The van der Waals surface area contributed by atoms with Gasteiger partial charge in [-0.25, -0.2) is 13.1 Å². The minimum Gasteiger partial charge on any atom is -0.495 e. The lowest BCUT2D eigenvalue weighted by Gasteiger charge is -2.12. The van der Waals surface area contributed by atoms with Crippen molar-refractivity contribution in [3.05, 3.63) is 23.2 Å². The van der Waals surface area contributed by atoms with Gasteiger partial charge in [0.15, 0.2) is 0 Å². The molecule has 0 aliphatic rings. The van der Waals surface area contributed by atoms with Crippen molar-refractivity contribution in [2.24, 2.45) is 0 Å². The van der Waals surface area contributed by atoms with E-state index in [4.69, 9.17) is 21.4 Å². The smallest absolute Gasteiger partial charge is 0.240 e. The van der Waals surface area contributed by atoms with Crippen LogP contribution < -0.4 is 9.46 Å². The van der Waals surface area contributed by atoms with E-state index in [-0.39, 0.29) is 16.5 Å². The molecule has 7 heteroatoms. The molecule has 0 heterocycles. The zero-order valence-corrected chi connectivity index (χ0v) is 11.0. The predicted octanol–water partition coefficient (Wildman–Crippen LogP) is 1.01. The van der Waals surface area contributed by atoms with E-state index in [1.54, 1.807) is 6.92 Å². The molecule has 0 aromatic heterocycles. The van der Waals surface area contributed by atoms with Crippen LogP contribution in [0.4, 0.5) is 0 Å². The summed E-state index contributed by atoms with van der Waals surface area (Å²) in [5.41, 5.74) is 0. The van der Waals surface area contributed by atoms with Crippen molar-refractivity contribution in [2.45, 2.75) is 17.9 Å². The van der Waals surface area contributed by atoms with Gasteiger partial charge in [0.25, 0.3) is 0 Å². The van der Waals surface area contributed by atoms with E-state index in [0.717, 1.165) is 0 Å². The molecule has 1 rings (SSSR count). The van der Waals surface area contributed by atoms with Gasteiger partial charge in [-0.3, -0.25) is 0 Å². The van der Waals surface area contributed by atoms with E-state index in [2.05, 4.69) is 4.72 Å². The number of rotatable bonds is 5. The number of methoxy groups -OCH3 is 1. The predicted molar refractivity (Wildman–Crippen MR) is 64.9 cm³/mol. The highest BCUT2D eigenvalue weighted by molar-refractivity contribution is 7.89. The lowest BCUT2D eigenvalue weighted by molar-refractivity contribution is 0.265. The number of benzene rings is 1. The maximum Gasteiger partial charge on any atom is 0.240 e. The zero-order valence-electron chi connectivity index (χ0n) is 9.47. The van der Waals surface area contributed by atoms with Crippen molar-refractivity contribution >= 4 is 21.6 Å². The highest BCUT2D eigenvalue weighted by Crippen LogP contribution is 2.26. The molecule has 1 unspecified atom stereocenters. The summed E-state index contributed by atoms with van der Waals surface area (Å²) in [7, 11) is -2.22. The fourth-order valence-corrected chi connectivity index (χ4v) is 2.77. The van der Waals surface area contributed by atoms with Gasteiger partial charge >= 0.3 is 0 Å². The Morgan fingerprint density at radius 2 is 2.18 bits per heavy atom. The van der Waals surface area contributed by atoms with E-state index in [0.29, 0.717) is 5.75 Å². The van der Waals surface area contributed by atoms with E-state index >= 15 is 0 Å². The Bertz CT molecular complexity index is 489. The molecule has 0 aliphatic heterocycles. The molecule has 1 atom stereocenters. The zero-order chi connectivity index (χ0) is 13.1. The Hall–Kier alpha value is -0.820. The fourth-order valence-electron chi connectivity index (χ4n) is 1.18. The van der Waals surface area contributed by atoms with Crippen molar-refractivity contribution in [1.82, 2.24) is 4.72 Å². The third kappa shape index (κ3) is 3.57. The Morgan fingerprint density at radius 1 is 1.53 bits per heavy atom. The van der Waals surface area contributed by atoms with Crippen molar-refractivity contribution in [3.63, 3.8) is 0 Å². The molecule has 0 aliphatic carbocycles. The summed E-state index contributed by atoms with van der Waals surface area (Å²) < 4.78 is 30.9. The van der Waals surface area contributed by atoms with Crippen LogP contribution in [0, 0.1) is 0 Å². The molecular formula is C10H14ClNO4S. The van der Waals surface area contributed by atoms with Gasteiger partial charge < -0.3 is 9.84 Å². The van der Waals surface area contributed by atoms with Crippen LogP contribution in [0.1, 0.15) is 6.92 Å². The van der Waals surface area contributed by atoms with Crippen LogP contribution in [0.2, 0.25) is 5.02 Å². The van der Waals surface area contributed by atoms with Crippen LogP contribution in [-0.2, 0) is 10.0 Å². The standard InChI is InChI=1S/C10H14ClNO4S/c1-7(6-13)12-17(14,15)8-3-4-10(16-2)9(11)5-8/h3-5,7,12-13H,6H2,1-2H3. The molecule has 0 bridgehead atoms. The SMILES string of the molecule is COc1ccc(S(=O)(=O)NC(C)CO)cc1Cl. The molecule has 0 saturated carbocycles. The number of aliphatic hydroxyl groups is 1. The quantitative estimate of drug-likeness (QED) is 0.843. The first-order chi connectivity index (χ1) is 7.90. The number of aliphatic hydroxyl groups excluding tert-OH is 1. The van der Waals surface area contributed by atoms with E-state index in [9.17, 15) is 8.42 Å². The molecule has 0 radical (unpaired) electrons. The number of sulfonamides is 1. The van der Waals surface area contributed by atoms with Crippen LogP contribution in [0.5, 0.6) is 5.75 Å². The molecule has 0 spiro atoms. The second-order valence-electron chi connectivity index (χ2n) is 3.50. The first-order valence-electron chi connectivity index (χ1n) is 4.87. The molecule has 0 amide bonds. The van der Waals surface area contributed by atoms with E-state index in [1.807, 2.05) is 0 Å². The van der Waals surface area contributed by atoms with Crippen molar-refractivity contribution in [3.8, 4) is 5.75 Å². The number of hydrogen-bond donors (Lipinski definition) is 2. The van der Waals surface area contributed by atoms with Gasteiger partial charge in [0.2, 0.25) is 10.0 Å². The summed E-state index contributed by atoms with van der Waals surface area (Å²) in [6, 6.07) is 3.60. The molecule has 2 N–H and O–H groups in total. The molecule has 17 heavy (non-hydrogen) atoms. The maximum atomic E-state index is 11.8. The van der Waals surface area contributed by atoms with Gasteiger partial charge in [-0.15, -0.1) is 0 Å². The van der Waals surface area contributed by atoms with Gasteiger partial charge in [0.05, 0.1) is 23.6 Å². The van der Waals surface area contributed by atoms with Gasteiger partial charge in [-0.05, 0) is 25.1 Å². The van der Waals surface area contributed by atoms with Crippen LogP contribution in [0.25, 0.3) is 0 Å². The largest absolute Gasteiger partial charge is 0.495 e. The molecule has 0 fully saturated rings. The summed E-state index contributed by atoms with van der Waals surface area (Å²) >= 11 is 5.84. The molecule has 1 aromatic rings. The van der Waals surface area contributed by atoms with Crippen LogP contribution in [-0.4, -0.2) is 33.3 Å². The number of halogens is 1. The van der Waals surface area contributed by atoms with Crippen molar-refractivity contribution < 1.29 is 18.3 Å². The third-order valence-electron chi connectivity index (χ3n) is 2.06. The van der Waals surface area contributed by atoms with Gasteiger partial charge in [-0.2, -0.15) is 0 Å². The Labute approximate surface area is 105 Å². The summed E-state index contributed by atoms with van der Waals surface area (Å²) in [4.78, 5) is 0.0311. The molecule has 96 valence electrons. The highest BCUT2D eigenvalue weighted by atomic mass is 35.5. The maximum absolute atomic E-state index is 11.8. The molecule has 1 aromatic carbocycles. The summed E-state index contributed by atoms with van der Waals surface area (Å²) in [6.45, 7) is 1.28. The van der Waals surface area contributed by atoms with Crippen molar-refractivity contribution in [2.75, 3.05) is 13.7 Å². The van der Waals surface area contributed by atoms with Crippen LogP contribution in [0.3, 0.4) is 0 Å². The monoisotopic (exact) mass is 279 g/mol. The highest BCUT2D eigenvalue weighted by Gasteiger charge is 2.18. The van der Waals surface area contributed by atoms with E-state index < -0.39 is 16.1 Å². The lowest BCUT2D eigenvalue weighted by Crippen LogP contribution is -2.34. The van der Waals surface area contributed by atoms with Crippen molar-refractivity contribution in [1.29, 1.82) is 0 Å². The minimum absolute atomic E-state index is 0.0311. The molecular weight excluding hydrogens is 266 g/mol.